The molecular weight excluding hydrogens is 652 g/mol. The van der Waals surface area contributed by atoms with E-state index >= 15 is 0 Å². The highest BCUT2D eigenvalue weighted by atomic mass is 19.4. The van der Waals surface area contributed by atoms with Crippen molar-refractivity contribution in [1.29, 1.82) is 0 Å². The van der Waals surface area contributed by atoms with Gasteiger partial charge in [0.2, 0.25) is 0 Å². The van der Waals surface area contributed by atoms with Crippen molar-refractivity contribution in [2.24, 2.45) is 18.9 Å². The number of fused-ring (bicyclic) bond motifs is 1. The van der Waals surface area contributed by atoms with Crippen LogP contribution >= 0.6 is 0 Å². The third kappa shape index (κ3) is 5.89. The van der Waals surface area contributed by atoms with Gasteiger partial charge in [0.25, 0.3) is 11.5 Å². The summed E-state index contributed by atoms with van der Waals surface area (Å²) in [7, 11) is 1.62. The van der Waals surface area contributed by atoms with E-state index < -0.39 is 65.1 Å². The highest BCUT2D eigenvalue weighted by Crippen LogP contribution is 2.52. The summed E-state index contributed by atoms with van der Waals surface area (Å²) in [4.78, 5) is 30.4. The summed E-state index contributed by atoms with van der Waals surface area (Å²) >= 11 is 0. The molecule has 2 aromatic heterocycles. The van der Waals surface area contributed by atoms with E-state index in [2.05, 4.69) is 10.2 Å². The van der Waals surface area contributed by atoms with Crippen LogP contribution < -0.4 is 10.5 Å². The molecule has 48 heavy (non-hydrogen) atoms. The normalized spacial score (nSPS) is 23.8. The van der Waals surface area contributed by atoms with Crippen LogP contribution in [0, 0.1) is 11.8 Å². The number of halogens is 8. The highest BCUT2D eigenvalue weighted by molar-refractivity contribution is 6.10. The number of carbonyl (C=O) groups is 1. The van der Waals surface area contributed by atoms with Crippen molar-refractivity contribution in [2.45, 2.75) is 82.9 Å². The first-order valence-electron chi connectivity index (χ1n) is 15.6. The number of rotatable bonds is 7. The van der Waals surface area contributed by atoms with Crippen LogP contribution in [0.25, 0.3) is 0 Å². The van der Waals surface area contributed by atoms with E-state index in [0.717, 1.165) is 30.0 Å². The quantitative estimate of drug-likeness (QED) is 0.273. The third-order valence-electron chi connectivity index (χ3n) is 9.78. The van der Waals surface area contributed by atoms with Gasteiger partial charge in [-0.25, -0.2) is 0 Å². The first-order valence-corrected chi connectivity index (χ1v) is 15.6. The number of pyridine rings is 1. The van der Waals surface area contributed by atoms with Crippen LogP contribution in [0.3, 0.4) is 0 Å². The van der Waals surface area contributed by atoms with Gasteiger partial charge < -0.3 is 9.13 Å². The van der Waals surface area contributed by atoms with Gasteiger partial charge in [-0.1, -0.05) is 13.8 Å². The summed E-state index contributed by atoms with van der Waals surface area (Å²) < 4.78 is 114. The highest BCUT2D eigenvalue weighted by Gasteiger charge is 2.58. The van der Waals surface area contributed by atoms with Crippen LogP contribution in [0.1, 0.15) is 78.0 Å². The van der Waals surface area contributed by atoms with E-state index in [1.165, 1.54) is 18.5 Å². The Labute approximate surface area is 270 Å². The third-order valence-corrected chi connectivity index (χ3v) is 9.78. The molecule has 6 rings (SSSR count). The van der Waals surface area contributed by atoms with E-state index in [1.54, 1.807) is 11.6 Å². The number of piperidine rings is 1. The Kier molecular flexibility index (Phi) is 8.27. The number of aryl methyl sites for hydroxylation is 1. The SMILES string of the molecule is CC1CC(c2cc(N3Cc4c(cc(CN5CCC[C@H](C)C5)cc4C(F)(F)F)C3=O)c(=O)n(CC(F)(F)C(F)(F)F)c2)(c2nncn2C)C1. The zero-order chi connectivity index (χ0) is 35.0. The predicted octanol–water partition coefficient (Wildman–Crippen LogP) is 6.30. The Morgan fingerprint density at radius 3 is 2.27 bits per heavy atom. The van der Waals surface area contributed by atoms with E-state index in [-0.39, 0.29) is 33.7 Å². The van der Waals surface area contributed by atoms with Gasteiger partial charge in [-0.3, -0.25) is 19.4 Å². The number of likely N-dealkylation sites (tertiary alicyclic amines) is 1. The van der Waals surface area contributed by atoms with Crippen molar-refractivity contribution in [2.75, 3.05) is 18.0 Å². The fourth-order valence-electron chi connectivity index (χ4n) is 7.59. The minimum absolute atomic E-state index is 0.0653. The van der Waals surface area contributed by atoms with E-state index in [0.29, 0.717) is 37.7 Å². The maximum atomic E-state index is 14.5. The zero-order valence-electron chi connectivity index (χ0n) is 26.4. The molecule has 0 unspecified atom stereocenters. The summed E-state index contributed by atoms with van der Waals surface area (Å²) in [6, 6.07) is 3.53. The lowest BCUT2D eigenvalue weighted by atomic mass is 9.59. The largest absolute Gasteiger partial charge is 0.455 e. The molecule has 16 heteroatoms. The zero-order valence-corrected chi connectivity index (χ0v) is 26.4. The molecular formula is C32H34F8N6O2. The van der Waals surface area contributed by atoms with Crippen molar-refractivity contribution in [1.82, 2.24) is 24.2 Å². The number of hydrogen-bond donors (Lipinski definition) is 0. The number of carbonyl (C=O) groups excluding carboxylic acids is 1. The molecule has 0 bridgehead atoms. The van der Waals surface area contributed by atoms with Crippen LogP contribution in [0.5, 0.6) is 0 Å². The molecule has 2 aliphatic heterocycles. The number of nitrogens with zero attached hydrogens (tertiary/aromatic N) is 6. The minimum Gasteiger partial charge on any atom is -0.320 e. The van der Waals surface area contributed by atoms with Crippen molar-refractivity contribution < 1.29 is 39.9 Å². The fraction of sp³-hybridized carbons (Fsp3) is 0.562. The van der Waals surface area contributed by atoms with Gasteiger partial charge >= 0.3 is 18.3 Å². The molecule has 3 aromatic rings. The maximum Gasteiger partial charge on any atom is 0.455 e. The molecule has 1 aliphatic carbocycles. The smallest absolute Gasteiger partial charge is 0.320 e. The lowest BCUT2D eigenvalue weighted by Crippen LogP contribution is -2.46. The molecule has 0 N–H and O–H groups in total. The van der Waals surface area contributed by atoms with Gasteiger partial charge in [0, 0.05) is 31.9 Å². The summed E-state index contributed by atoms with van der Waals surface area (Å²) in [6.07, 6.45) is -6.01. The van der Waals surface area contributed by atoms with Crippen molar-refractivity contribution in [3.8, 4) is 0 Å². The molecule has 8 nitrogen and oxygen atoms in total. The van der Waals surface area contributed by atoms with Gasteiger partial charge in [-0.2, -0.15) is 35.1 Å². The Hall–Kier alpha value is -3.82. The maximum absolute atomic E-state index is 14.5. The molecule has 1 saturated heterocycles. The molecule has 4 heterocycles. The lowest BCUT2D eigenvalue weighted by Gasteiger charge is -2.46. The number of anilines is 1. The molecule has 1 amide bonds. The second-order valence-corrected chi connectivity index (χ2v) is 13.7. The Morgan fingerprint density at radius 1 is 0.979 bits per heavy atom. The second-order valence-electron chi connectivity index (χ2n) is 13.7. The molecule has 0 spiro atoms. The molecule has 2 fully saturated rings. The number of alkyl halides is 8. The molecule has 260 valence electrons. The Balaban J connectivity index is 1.48. The number of benzene rings is 1. The summed E-state index contributed by atoms with van der Waals surface area (Å²) in [5.41, 5.74) is -4.47. The van der Waals surface area contributed by atoms with Gasteiger partial charge in [0.1, 0.15) is 17.8 Å². The number of aromatic nitrogens is 4. The van der Waals surface area contributed by atoms with Crippen LogP contribution in [0.2, 0.25) is 0 Å². The van der Waals surface area contributed by atoms with E-state index in [1.807, 2.05) is 18.7 Å². The molecule has 1 atom stereocenters. The predicted molar refractivity (Wildman–Crippen MR) is 158 cm³/mol. The van der Waals surface area contributed by atoms with Gasteiger partial charge in [-0.05, 0) is 79.0 Å². The van der Waals surface area contributed by atoms with Crippen LogP contribution in [0.4, 0.5) is 40.8 Å². The number of amides is 1. The van der Waals surface area contributed by atoms with Crippen LogP contribution in [-0.2, 0) is 38.3 Å². The lowest BCUT2D eigenvalue weighted by molar-refractivity contribution is -0.287. The molecule has 0 radical (unpaired) electrons. The number of hydrogen-bond acceptors (Lipinski definition) is 5. The summed E-state index contributed by atoms with van der Waals surface area (Å²) in [5, 5.41) is 8.03. The average molecular weight is 687 g/mol. The van der Waals surface area contributed by atoms with Crippen LogP contribution in [-0.4, -0.2) is 55.3 Å². The van der Waals surface area contributed by atoms with E-state index in [9.17, 15) is 44.7 Å². The summed E-state index contributed by atoms with van der Waals surface area (Å²) in [6.45, 7) is 2.60. The van der Waals surface area contributed by atoms with Crippen molar-refractivity contribution >= 4 is 11.6 Å². The van der Waals surface area contributed by atoms with Gasteiger partial charge in [0.05, 0.1) is 24.1 Å². The monoisotopic (exact) mass is 686 g/mol. The molecule has 3 aliphatic rings. The van der Waals surface area contributed by atoms with Crippen molar-refractivity contribution in [3.63, 3.8) is 0 Å². The average Bonchev–Trinajstić information content (AvgIpc) is 3.53. The van der Waals surface area contributed by atoms with Crippen molar-refractivity contribution in [3.05, 3.63) is 74.7 Å². The van der Waals surface area contributed by atoms with Gasteiger partial charge in [0.15, 0.2) is 0 Å². The van der Waals surface area contributed by atoms with Gasteiger partial charge in [-0.15, -0.1) is 10.2 Å². The Morgan fingerprint density at radius 2 is 1.69 bits per heavy atom. The Bertz CT molecular complexity index is 1790. The summed E-state index contributed by atoms with van der Waals surface area (Å²) in [5.74, 6) is -5.56. The van der Waals surface area contributed by atoms with Crippen LogP contribution in [0.15, 0.2) is 35.5 Å². The molecule has 1 saturated carbocycles. The standard InChI is InChI=1S/C32H34F8N6O2/c1-18-5-4-6-44(12-18)13-20-7-22-23(24(8-20)31(35,36)37)15-46(26(22)47)25-9-21(14-45(27(25)48)16-30(33,34)32(38,39)40)29(10-19(2)11-29)28-42-41-17-43(28)3/h7-9,14,17-19H,4-6,10-13,15-16H2,1-3H3/t18-,19?,29?/m0/s1. The fourth-order valence-corrected chi connectivity index (χ4v) is 7.59. The molecule has 1 aromatic carbocycles. The van der Waals surface area contributed by atoms with E-state index in [4.69, 9.17) is 0 Å². The first-order chi connectivity index (χ1) is 22.3. The second kappa shape index (κ2) is 11.7. The topological polar surface area (TPSA) is 76.3 Å². The first kappa shape index (κ1) is 34.1. The minimum atomic E-state index is -6.00.